The Labute approximate surface area is 124 Å². The van der Waals surface area contributed by atoms with E-state index in [0.29, 0.717) is 17.4 Å². The topological polar surface area (TPSA) is 87.7 Å². The maximum Gasteiger partial charge on any atom is 0.316 e. The molecule has 1 aliphatic rings. The number of likely N-dealkylation sites (N-methyl/N-ethyl adjacent to an activating group) is 2. The number of nitro benzene ring substituents is 1. The highest BCUT2D eigenvalue weighted by atomic mass is 16.6. The van der Waals surface area contributed by atoms with E-state index in [4.69, 9.17) is 5.84 Å². The Bertz CT molecular complexity index is 508. The van der Waals surface area contributed by atoms with Gasteiger partial charge in [0.25, 0.3) is 0 Å². The molecule has 1 atom stereocenters. The second kappa shape index (κ2) is 6.73. The molecule has 0 spiro atoms. The van der Waals surface area contributed by atoms with Crippen molar-refractivity contribution in [2.24, 2.45) is 5.84 Å². The third-order valence-electron chi connectivity index (χ3n) is 4.15. The lowest BCUT2D eigenvalue weighted by Gasteiger charge is -2.29. The van der Waals surface area contributed by atoms with E-state index in [1.807, 2.05) is 11.9 Å². The molecule has 0 aromatic heterocycles. The zero-order chi connectivity index (χ0) is 15.4. The fourth-order valence-corrected chi connectivity index (χ4v) is 3.08. The molecular weight excluding hydrogens is 270 g/mol. The van der Waals surface area contributed by atoms with E-state index in [-0.39, 0.29) is 10.6 Å². The van der Waals surface area contributed by atoms with Crippen molar-refractivity contribution in [1.82, 2.24) is 4.90 Å². The number of rotatable bonds is 6. The number of nitro groups is 1. The van der Waals surface area contributed by atoms with Crippen LogP contribution in [0.2, 0.25) is 0 Å². The molecule has 1 fully saturated rings. The van der Waals surface area contributed by atoms with Crippen LogP contribution in [0.4, 0.5) is 17.1 Å². The lowest BCUT2D eigenvalue weighted by Crippen LogP contribution is -2.39. The standard InChI is InChI=1S/C14H23N5O2/c1-3-18-9-5-6-11(18)10-17(2)13-8-4-7-12(16-15)14(13)19(20)21/h4,7-8,11,16H,3,5-6,9-10,15H2,1-2H3. The predicted octanol–water partition coefficient (Wildman–Crippen LogP) is 1.80. The van der Waals surface area contributed by atoms with Crippen LogP contribution in [0, 0.1) is 10.1 Å². The van der Waals surface area contributed by atoms with Gasteiger partial charge < -0.3 is 10.3 Å². The first-order chi connectivity index (χ1) is 10.1. The maximum absolute atomic E-state index is 11.3. The van der Waals surface area contributed by atoms with Gasteiger partial charge in [-0.25, -0.2) is 0 Å². The summed E-state index contributed by atoms with van der Waals surface area (Å²) in [5, 5.41) is 11.3. The highest BCUT2D eigenvalue weighted by Gasteiger charge is 2.27. The van der Waals surface area contributed by atoms with Gasteiger partial charge in [0, 0.05) is 19.6 Å². The summed E-state index contributed by atoms with van der Waals surface area (Å²) in [4.78, 5) is 15.3. The van der Waals surface area contributed by atoms with Crippen molar-refractivity contribution in [1.29, 1.82) is 0 Å². The second-order valence-corrected chi connectivity index (χ2v) is 5.38. The van der Waals surface area contributed by atoms with Crippen molar-refractivity contribution in [3.8, 4) is 0 Å². The van der Waals surface area contributed by atoms with Crippen molar-refractivity contribution >= 4 is 17.1 Å². The van der Waals surface area contributed by atoms with Gasteiger partial charge in [0.15, 0.2) is 0 Å². The Hall–Kier alpha value is -1.86. The van der Waals surface area contributed by atoms with Gasteiger partial charge in [0.1, 0.15) is 11.4 Å². The number of nitrogens with one attached hydrogen (secondary N) is 1. The van der Waals surface area contributed by atoms with Gasteiger partial charge >= 0.3 is 5.69 Å². The van der Waals surface area contributed by atoms with Crippen LogP contribution in [0.5, 0.6) is 0 Å². The van der Waals surface area contributed by atoms with E-state index in [9.17, 15) is 10.1 Å². The highest BCUT2D eigenvalue weighted by Crippen LogP contribution is 2.35. The summed E-state index contributed by atoms with van der Waals surface area (Å²) in [6, 6.07) is 5.61. The van der Waals surface area contributed by atoms with E-state index in [1.54, 1.807) is 18.2 Å². The third kappa shape index (κ3) is 3.25. The molecule has 0 aliphatic carbocycles. The Morgan fingerprint density at radius 1 is 1.57 bits per heavy atom. The summed E-state index contributed by atoms with van der Waals surface area (Å²) in [5.74, 6) is 5.38. The minimum Gasteiger partial charge on any atom is -0.367 e. The Morgan fingerprint density at radius 3 is 2.95 bits per heavy atom. The lowest BCUT2D eigenvalue weighted by atomic mass is 10.1. The first-order valence-electron chi connectivity index (χ1n) is 7.27. The van der Waals surface area contributed by atoms with Gasteiger partial charge in [-0.15, -0.1) is 0 Å². The summed E-state index contributed by atoms with van der Waals surface area (Å²) in [5.41, 5.74) is 3.37. The van der Waals surface area contributed by atoms with Crippen LogP contribution in [-0.2, 0) is 0 Å². The number of likely N-dealkylation sites (tertiary alicyclic amines) is 1. The third-order valence-corrected chi connectivity index (χ3v) is 4.15. The SMILES string of the molecule is CCN1CCCC1CN(C)c1cccc(NN)c1[N+](=O)[O-]. The average molecular weight is 293 g/mol. The molecule has 0 radical (unpaired) electrons. The largest absolute Gasteiger partial charge is 0.367 e. The molecule has 7 heteroatoms. The molecule has 21 heavy (non-hydrogen) atoms. The Kier molecular flexibility index (Phi) is 4.98. The van der Waals surface area contributed by atoms with E-state index < -0.39 is 0 Å². The second-order valence-electron chi connectivity index (χ2n) is 5.38. The molecule has 0 saturated carbocycles. The molecule has 1 unspecified atom stereocenters. The summed E-state index contributed by atoms with van der Waals surface area (Å²) in [7, 11) is 1.90. The number of para-hydroxylation sites is 1. The van der Waals surface area contributed by atoms with Crippen LogP contribution in [-0.4, -0.2) is 42.5 Å². The van der Waals surface area contributed by atoms with Crippen LogP contribution in [0.25, 0.3) is 0 Å². The van der Waals surface area contributed by atoms with E-state index in [2.05, 4.69) is 17.2 Å². The lowest BCUT2D eigenvalue weighted by molar-refractivity contribution is -0.383. The van der Waals surface area contributed by atoms with Crippen LogP contribution in [0.1, 0.15) is 19.8 Å². The Morgan fingerprint density at radius 2 is 2.33 bits per heavy atom. The van der Waals surface area contributed by atoms with Crippen molar-refractivity contribution in [3.63, 3.8) is 0 Å². The van der Waals surface area contributed by atoms with Crippen LogP contribution in [0.3, 0.4) is 0 Å². The summed E-state index contributed by atoms with van der Waals surface area (Å²) in [6.45, 7) is 5.06. The maximum atomic E-state index is 11.3. The van der Waals surface area contributed by atoms with Crippen molar-refractivity contribution in [2.45, 2.75) is 25.8 Å². The molecule has 3 N–H and O–H groups in total. The fraction of sp³-hybridized carbons (Fsp3) is 0.571. The number of benzene rings is 1. The zero-order valence-electron chi connectivity index (χ0n) is 12.6. The van der Waals surface area contributed by atoms with E-state index in [1.165, 1.54) is 6.42 Å². The van der Waals surface area contributed by atoms with Crippen molar-refractivity contribution in [2.75, 3.05) is 37.0 Å². The number of nitrogens with two attached hydrogens (primary N) is 1. The molecule has 0 bridgehead atoms. The molecule has 7 nitrogen and oxygen atoms in total. The number of hydrogen-bond donors (Lipinski definition) is 2. The molecule has 0 amide bonds. The predicted molar refractivity (Wildman–Crippen MR) is 84.4 cm³/mol. The van der Waals surface area contributed by atoms with Gasteiger partial charge in [-0.05, 0) is 38.1 Å². The fourth-order valence-electron chi connectivity index (χ4n) is 3.08. The molecule has 1 aromatic carbocycles. The minimum atomic E-state index is -0.382. The van der Waals surface area contributed by atoms with Crippen LogP contribution >= 0.6 is 0 Å². The van der Waals surface area contributed by atoms with Gasteiger partial charge in [-0.2, -0.15) is 0 Å². The van der Waals surface area contributed by atoms with Gasteiger partial charge in [0.2, 0.25) is 0 Å². The molecule has 2 rings (SSSR count). The number of nitrogens with zero attached hydrogens (tertiary/aromatic N) is 3. The number of hydrazine groups is 1. The minimum absolute atomic E-state index is 0.0311. The smallest absolute Gasteiger partial charge is 0.316 e. The monoisotopic (exact) mass is 293 g/mol. The number of hydrogen-bond acceptors (Lipinski definition) is 6. The van der Waals surface area contributed by atoms with Gasteiger partial charge in [-0.1, -0.05) is 13.0 Å². The van der Waals surface area contributed by atoms with E-state index in [0.717, 1.165) is 26.1 Å². The molecule has 1 saturated heterocycles. The quantitative estimate of drug-likeness (QED) is 0.472. The Balaban J connectivity index is 2.22. The zero-order valence-corrected chi connectivity index (χ0v) is 12.6. The van der Waals surface area contributed by atoms with Crippen molar-refractivity contribution < 1.29 is 4.92 Å². The molecule has 1 aliphatic heterocycles. The summed E-state index contributed by atoms with van der Waals surface area (Å²) < 4.78 is 0. The normalized spacial score (nSPS) is 18.7. The van der Waals surface area contributed by atoms with E-state index >= 15 is 0 Å². The summed E-state index contributed by atoms with van der Waals surface area (Å²) >= 11 is 0. The molecule has 116 valence electrons. The molecule has 1 aromatic rings. The highest BCUT2D eigenvalue weighted by molar-refractivity contribution is 5.76. The molecule has 1 heterocycles. The van der Waals surface area contributed by atoms with Gasteiger partial charge in [0.05, 0.1) is 4.92 Å². The van der Waals surface area contributed by atoms with Gasteiger partial charge in [-0.3, -0.25) is 20.9 Å². The average Bonchev–Trinajstić information content (AvgIpc) is 2.93. The van der Waals surface area contributed by atoms with Crippen LogP contribution < -0.4 is 16.2 Å². The van der Waals surface area contributed by atoms with Crippen LogP contribution in [0.15, 0.2) is 18.2 Å². The molecular formula is C14H23N5O2. The first-order valence-corrected chi connectivity index (χ1v) is 7.27. The van der Waals surface area contributed by atoms with Crippen molar-refractivity contribution in [3.05, 3.63) is 28.3 Å². The number of nitrogen functional groups attached to an aromatic ring is 1. The first kappa shape index (κ1) is 15.5. The number of anilines is 2. The summed E-state index contributed by atoms with van der Waals surface area (Å²) in [6.07, 6.45) is 2.33.